The number of nitrogens with zero attached hydrogens (tertiary/aromatic N) is 2. The van der Waals surface area contributed by atoms with Crippen LogP contribution >= 0.6 is 0 Å². The molecule has 2 aromatic rings. The highest BCUT2D eigenvalue weighted by atomic mass is 32.2. The number of hydrogen-bond donors (Lipinski definition) is 2. The summed E-state index contributed by atoms with van der Waals surface area (Å²) in [5.74, 6) is 0. The first-order valence-corrected chi connectivity index (χ1v) is 8.42. The third-order valence-electron chi connectivity index (χ3n) is 2.91. The lowest BCUT2D eigenvalue weighted by atomic mass is 10.3. The fourth-order valence-electron chi connectivity index (χ4n) is 1.83. The molecule has 6 nitrogen and oxygen atoms in total. The standard InChI is InChI=1S/C14H20N4O2S/c1-2-8-15-9-10-17-21(19,20)14-11-16-18(12-14)13-6-4-3-5-7-13/h3-7,11-12,15,17H,2,8-10H2,1H3. The van der Waals surface area contributed by atoms with Crippen molar-refractivity contribution in [1.29, 1.82) is 0 Å². The third-order valence-corrected chi connectivity index (χ3v) is 4.33. The highest BCUT2D eigenvalue weighted by molar-refractivity contribution is 7.89. The Morgan fingerprint density at radius 1 is 1.14 bits per heavy atom. The molecule has 0 saturated heterocycles. The van der Waals surface area contributed by atoms with E-state index >= 15 is 0 Å². The Kier molecular flexibility index (Phi) is 5.49. The molecule has 0 spiro atoms. The van der Waals surface area contributed by atoms with Gasteiger partial charge in [-0.2, -0.15) is 5.10 Å². The van der Waals surface area contributed by atoms with Gasteiger partial charge in [0.15, 0.2) is 0 Å². The Hall–Kier alpha value is -1.70. The van der Waals surface area contributed by atoms with E-state index in [4.69, 9.17) is 0 Å². The summed E-state index contributed by atoms with van der Waals surface area (Å²) in [4.78, 5) is 0.168. The van der Waals surface area contributed by atoms with Crippen molar-refractivity contribution in [2.24, 2.45) is 0 Å². The number of hydrogen-bond acceptors (Lipinski definition) is 4. The van der Waals surface area contributed by atoms with Gasteiger partial charge in [0.05, 0.1) is 18.1 Å². The van der Waals surface area contributed by atoms with Crippen molar-refractivity contribution in [3.8, 4) is 5.69 Å². The summed E-state index contributed by atoms with van der Waals surface area (Å²) < 4.78 is 28.3. The first-order valence-electron chi connectivity index (χ1n) is 6.94. The molecule has 0 bridgehead atoms. The second-order valence-corrected chi connectivity index (χ2v) is 6.37. The summed E-state index contributed by atoms with van der Waals surface area (Å²) in [7, 11) is -3.51. The van der Waals surface area contributed by atoms with Crippen LogP contribution in [-0.4, -0.2) is 37.8 Å². The summed E-state index contributed by atoms with van der Waals surface area (Å²) in [5, 5.41) is 7.23. The van der Waals surface area contributed by atoms with E-state index in [-0.39, 0.29) is 4.90 Å². The van der Waals surface area contributed by atoms with Crippen LogP contribution in [0.25, 0.3) is 5.69 Å². The van der Waals surface area contributed by atoms with Gasteiger partial charge >= 0.3 is 0 Å². The molecule has 1 aromatic carbocycles. The molecular weight excluding hydrogens is 288 g/mol. The zero-order chi connectivity index (χ0) is 15.1. The number of nitrogens with one attached hydrogen (secondary N) is 2. The summed E-state index contributed by atoms with van der Waals surface area (Å²) in [6, 6.07) is 9.39. The van der Waals surface area contributed by atoms with E-state index in [1.165, 1.54) is 12.4 Å². The molecule has 0 radical (unpaired) electrons. The van der Waals surface area contributed by atoms with E-state index < -0.39 is 10.0 Å². The molecule has 0 atom stereocenters. The van der Waals surface area contributed by atoms with Crippen molar-refractivity contribution < 1.29 is 8.42 Å². The quantitative estimate of drug-likeness (QED) is 0.717. The summed E-state index contributed by atoms with van der Waals surface area (Å²) in [6.45, 7) is 3.92. The average molecular weight is 308 g/mol. The Morgan fingerprint density at radius 3 is 2.62 bits per heavy atom. The molecule has 1 heterocycles. The lowest BCUT2D eigenvalue weighted by molar-refractivity contribution is 0.575. The number of benzene rings is 1. The van der Waals surface area contributed by atoms with Crippen LogP contribution in [0.4, 0.5) is 0 Å². The molecule has 7 heteroatoms. The summed E-state index contributed by atoms with van der Waals surface area (Å²) in [5.41, 5.74) is 0.823. The second-order valence-electron chi connectivity index (χ2n) is 4.60. The minimum absolute atomic E-state index is 0.168. The van der Waals surface area contributed by atoms with Gasteiger partial charge in [-0.15, -0.1) is 0 Å². The second kappa shape index (κ2) is 7.35. The topological polar surface area (TPSA) is 76.0 Å². The van der Waals surface area contributed by atoms with Crippen molar-refractivity contribution in [1.82, 2.24) is 19.8 Å². The van der Waals surface area contributed by atoms with Gasteiger partial charge in [-0.3, -0.25) is 0 Å². The van der Waals surface area contributed by atoms with E-state index in [9.17, 15) is 8.42 Å². The molecule has 21 heavy (non-hydrogen) atoms. The van der Waals surface area contributed by atoms with E-state index in [1.54, 1.807) is 4.68 Å². The molecule has 0 saturated carbocycles. The average Bonchev–Trinajstić information content (AvgIpc) is 2.99. The molecule has 0 aliphatic heterocycles. The minimum atomic E-state index is -3.51. The van der Waals surface area contributed by atoms with Crippen LogP contribution in [0, 0.1) is 0 Å². The fraction of sp³-hybridized carbons (Fsp3) is 0.357. The number of aromatic nitrogens is 2. The van der Waals surface area contributed by atoms with Crippen LogP contribution in [0.2, 0.25) is 0 Å². The Labute approximate surface area is 125 Å². The first-order chi connectivity index (χ1) is 10.1. The Morgan fingerprint density at radius 2 is 1.90 bits per heavy atom. The van der Waals surface area contributed by atoms with Gasteiger partial charge in [0, 0.05) is 13.1 Å². The zero-order valence-electron chi connectivity index (χ0n) is 12.0. The van der Waals surface area contributed by atoms with Gasteiger partial charge in [0.2, 0.25) is 10.0 Å². The van der Waals surface area contributed by atoms with E-state index in [2.05, 4.69) is 22.1 Å². The Bertz CT molecular complexity index is 653. The van der Waals surface area contributed by atoms with Crippen molar-refractivity contribution in [2.45, 2.75) is 18.2 Å². The van der Waals surface area contributed by atoms with Crippen molar-refractivity contribution >= 4 is 10.0 Å². The SMILES string of the molecule is CCCNCCNS(=O)(=O)c1cnn(-c2ccccc2)c1. The maximum Gasteiger partial charge on any atom is 0.243 e. The lowest BCUT2D eigenvalue weighted by Gasteiger charge is -2.05. The molecule has 0 unspecified atom stereocenters. The van der Waals surface area contributed by atoms with Crippen LogP contribution < -0.4 is 10.0 Å². The molecule has 1 aromatic heterocycles. The molecule has 0 amide bonds. The monoisotopic (exact) mass is 308 g/mol. The molecule has 114 valence electrons. The van der Waals surface area contributed by atoms with Gasteiger partial charge in [-0.25, -0.2) is 17.8 Å². The fourth-order valence-corrected chi connectivity index (χ4v) is 2.79. The third kappa shape index (κ3) is 4.38. The van der Waals surface area contributed by atoms with E-state index in [0.717, 1.165) is 18.7 Å². The Balaban J connectivity index is 1.99. The molecule has 2 N–H and O–H groups in total. The predicted octanol–water partition coefficient (Wildman–Crippen LogP) is 1.15. The predicted molar refractivity (Wildman–Crippen MR) is 81.9 cm³/mol. The van der Waals surface area contributed by atoms with Crippen LogP contribution in [0.15, 0.2) is 47.6 Å². The van der Waals surface area contributed by atoms with Crippen molar-refractivity contribution in [2.75, 3.05) is 19.6 Å². The molecular formula is C14H20N4O2S. The largest absolute Gasteiger partial charge is 0.315 e. The number of rotatable bonds is 8. The normalized spacial score (nSPS) is 11.7. The minimum Gasteiger partial charge on any atom is -0.315 e. The van der Waals surface area contributed by atoms with Gasteiger partial charge in [-0.1, -0.05) is 25.1 Å². The highest BCUT2D eigenvalue weighted by Gasteiger charge is 2.16. The van der Waals surface area contributed by atoms with Gasteiger partial charge in [0.25, 0.3) is 0 Å². The highest BCUT2D eigenvalue weighted by Crippen LogP contribution is 2.11. The maximum atomic E-state index is 12.1. The summed E-state index contributed by atoms with van der Waals surface area (Å²) >= 11 is 0. The molecule has 0 aliphatic carbocycles. The van der Waals surface area contributed by atoms with Gasteiger partial charge in [0.1, 0.15) is 4.90 Å². The first kappa shape index (κ1) is 15.7. The lowest BCUT2D eigenvalue weighted by Crippen LogP contribution is -2.32. The molecule has 0 aliphatic rings. The maximum absolute atomic E-state index is 12.1. The zero-order valence-corrected chi connectivity index (χ0v) is 12.8. The number of para-hydroxylation sites is 1. The van der Waals surface area contributed by atoms with Crippen LogP contribution in [-0.2, 0) is 10.0 Å². The molecule has 2 rings (SSSR count). The van der Waals surface area contributed by atoms with E-state index in [1.807, 2.05) is 30.3 Å². The van der Waals surface area contributed by atoms with E-state index in [0.29, 0.717) is 13.1 Å². The van der Waals surface area contributed by atoms with Gasteiger partial charge in [-0.05, 0) is 25.1 Å². The van der Waals surface area contributed by atoms with Crippen LogP contribution in [0.1, 0.15) is 13.3 Å². The van der Waals surface area contributed by atoms with Gasteiger partial charge < -0.3 is 5.32 Å². The molecule has 0 fully saturated rings. The van der Waals surface area contributed by atoms with Crippen LogP contribution in [0.5, 0.6) is 0 Å². The van der Waals surface area contributed by atoms with Crippen LogP contribution in [0.3, 0.4) is 0 Å². The van der Waals surface area contributed by atoms with Crippen molar-refractivity contribution in [3.05, 3.63) is 42.7 Å². The summed E-state index contributed by atoms with van der Waals surface area (Å²) in [6.07, 6.45) is 3.89. The van der Waals surface area contributed by atoms with Crippen molar-refractivity contribution in [3.63, 3.8) is 0 Å². The smallest absolute Gasteiger partial charge is 0.243 e. The number of sulfonamides is 1.